The van der Waals surface area contributed by atoms with Crippen molar-refractivity contribution in [2.45, 2.75) is 83.3 Å². The molecule has 2 amide bonds. The minimum atomic E-state index is -0.670. The SMILES string of the molecule is CC(C)(C)OC(=O)N(CCCCCCSc1ccc(N)cc1)C(=O)OC(C)(C)C. The second-order valence-electron chi connectivity index (χ2n) is 8.94. The van der Waals surface area contributed by atoms with E-state index in [2.05, 4.69) is 0 Å². The largest absolute Gasteiger partial charge is 0.443 e. The van der Waals surface area contributed by atoms with Crippen molar-refractivity contribution >= 4 is 29.6 Å². The van der Waals surface area contributed by atoms with E-state index in [1.54, 1.807) is 53.3 Å². The minimum absolute atomic E-state index is 0.287. The van der Waals surface area contributed by atoms with E-state index in [0.717, 1.165) is 35.6 Å². The van der Waals surface area contributed by atoms with Gasteiger partial charge in [0.25, 0.3) is 0 Å². The normalized spacial score (nSPS) is 11.8. The van der Waals surface area contributed by atoms with Crippen LogP contribution in [-0.4, -0.2) is 40.6 Å². The number of amides is 2. The molecular formula is C22H36N2O4S. The molecule has 29 heavy (non-hydrogen) atoms. The third-order valence-corrected chi connectivity index (χ3v) is 4.75. The Morgan fingerprint density at radius 3 is 1.83 bits per heavy atom. The summed E-state index contributed by atoms with van der Waals surface area (Å²) in [6.45, 7) is 10.9. The van der Waals surface area contributed by atoms with Gasteiger partial charge in [-0.2, -0.15) is 0 Å². The van der Waals surface area contributed by atoms with E-state index in [4.69, 9.17) is 15.2 Å². The highest BCUT2D eigenvalue weighted by Crippen LogP contribution is 2.21. The van der Waals surface area contributed by atoms with Crippen molar-refractivity contribution in [1.82, 2.24) is 4.90 Å². The standard InChI is InChI=1S/C22H36N2O4S/c1-21(2,3)27-19(25)24(20(26)28-22(4,5)6)15-9-7-8-10-16-29-18-13-11-17(23)12-14-18/h11-14H,7-10,15-16,23H2,1-6H3. The van der Waals surface area contributed by atoms with Crippen molar-refractivity contribution in [1.29, 1.82) is 0 Å². The highest BCUT2D eigenvalue weighted by atomic mass is 32.2. The number of nitrogen functional groups attached to an aromatic ring is 1. The molecule has 0 aliphatic heterocycles. The highest BCUT2D eigenvalue weighted by Gasteiger charge is 2.30. The Morgan fingerprint density at radius 2 is 1.34 bits per heavy atom. The van der Waals surface area contributed by atoms with E-state index < -0.39 is 23.4 Å². The van der Waals surface area contributed by atoms with E-state index in [1.165, 1.54) is 4.90 Å². The zero-order chi connectivity index (χ0) is 22.1. The number of benzene rings is 1. The van der Waals surface area contributed by atoms with Crippen molar-refractivity contribution < 1.29 is 19.1 Å². The van der Waals surface area contributed by atoms with Crippen LogP contribution in [0.5, 0.6) is 0 Å². The summed E-state index contributed by atoms with van der Waals surface area (Å²) in [5, 5.41) is 0. The first-order valence-electron chi connectivity index (χ1n) is 10.1. The van der Waals surface area contributed by atoms with Gasteiger partial charge in [0.05, 0.1) is 0 Å². The number of carbonyl (C=O) groups excluding carboxylic acids is 2. The van der Waals surface area contributed by atoms with Crippen molar-refractivity contribution in [3.05, 3.63) is 24.3 Å². The Hall–Kier alpha value is -1.89. The number of thioether (sulfide) groups is 1. The third kappa shape index (κ3) is 11.6. The fraction of sp³-hybridized carbons (Fsp3) is 0.636. The van der Waals surface area contributed by atoms with Crippen molar-refractivity contribution in [2.75, 3.05) is 18.0 Å². The Balaban J connectivity index is 2.41. The first kappa shape index (κ1) is 25.1. The predicted molar refractivity (Wildman–Crippen MR) is 119 cm³/mol. The van der Waals surface area contributed by atoms with Crippen LogP contribution in [0.2, 0.25) is 0 Å². The molecule has 0 saturated carbocycles. The van der Waals surface area contributed by atoms with Crippen molar-refractivity contribution in [3.8, 4) is 0 Å². The predicted octanol–water partition coefficient (Wildman–Crippen LogP) is 6.09. The van der Waals surface area contributed by atoms with Crippen LogP contribution in [0.25, 0.3) is 0 Å². The van der Waals surface area contributed by atoms with Crippen LogP contribution in [0.1, 0.15) is 67.2 Å². The molecule has 164 valence electrons. The highest BCUT2D eigenvalue weighted by molar-refractivity contribution is 7.99. The van der Waals surface area contributed by atoms with Crippen LogP contribution in [0.4, 0.5) is 15.3 Å². The molecular weight excluding hydrogens is 388 g/mol. The summed E-state index contributed by atoms with van der Waals surface area (Å²) in [5.74, 6) is 1.02. The first-order chi connectivity index (χ1) is 13.4. The van der Waals surface area contributed by atoms with Crippen molar-refractivity contribution in [2.24, 2.45) is 0 Å². The fourth-order valence-corrected chi connectivity index (χ4v) is 3.28. The second kappa shape index (κ2) is 11.3. The van der Waals surface area contributed by atoms with Crippen LogP contribution >= 0.6 is 11.8 Å². The number of hydrogen-bond acceptors (Lipinski definition) is 6. The Kier molecular flexibility index (Phi) is 9.83. The molecule has 0 aliphatic rings. The van der Waals surface area contributed by atoms with Crippen molar-refractivity contribution in [3.63, 3.8) is 0 Å². The number of nitrogens with two attached hydrogens (primary N) is 1. The molecule has 0 aliphatic carbocycles. The minimum Gasteiger partial charge on any atom is -0.443 e. The molecule has 6 nitrogen and oxygen atoms in total. The van der Waals surface area contributed by atoms with Gasteiger partial charge in [-0.3, -0.25) is 0 Å². The van der Waals surface area contributed by atoms with E-state index >= 15 is 0 Å². The van der Waals surface area contributed by atoms with Gasteiger partial charge in [0.1, 0.15) is 11.2 Å². The van der Waals surface area contributed by atoms with Crippen LogP contribution in [0, 0.1) is 0 Å². The van der Waals surface area contributed by atoms with E-state index in [0.29, 0.717) is 6.42 Å². The second-order valence-corrected chi connectivity index (χ2v) is 10.1. The fourth-order valence-electron chi connectivity index (χ4n) is 2.37. The van der Waals surface area contributed by atoms with Gasteiger partial charge in [-0.15, -0.1) is 11.8 Å². The topological polar surface area (TPSA) is 81.9 Å². The molecule has 1 aromatic carbocycles. The summed E-state index contributed by atoms with van der Waals surface area (Å²) >= 11 is 1.80. The van der Waals surface area contributed by atoms with E-state index in [-0.39, 0.29) is 6.54 Å². The van der Waals surface area contributed by atoms with Crippen LogP contribution in [0.15, 0.2) is 29.2 Å². The molecule has 0 atom stereocenters. The molecule has 0 spiro atoms. The van der Waals surface area contributed by atoms with E-state index in [9.17, 15) is 9.59 Å². The molecule has 0 radical (unpaired) electrons. The van der Waals surface area contributed by atoms with Gasteiger partial charge in [0, 0.05) is 17.1 Å². The lowest BCUT2D eigenvalue weighted by Crippen LogP contribution is -2.44. The maximum atomic E-state index is 12.4. The summed E-state index contributed by atoms with van der Waals surface area (Å²) in [5.41, 5.74) is 5.12. The zero-order valence-corrected chi connectivity index (χ0v) is 19.4. The molecule has 0 fully saturated rings. The molecule has 0 heterocycles. The number of nitrogens with zero attached hydrogens (tertiary/aromatic N) is 1. The van der Waals surface area contributed by atoms with Gasteiger partial charge in [-0.1, -0.05) is 12.8 Å². The van der Waals surface area contributed by atoms with Gasteiger partial charge >= 0.3 is 12.2 Å². The number of imide groups is 1. The van der Waals surface area contributed by atoms with Gasteiger partial charge in [-0.25, -0.2) is 14.5 Å². The van der Waals surface area contributed by atoms with Gasteiger partial charge in [0.15, 0.2) is 0 Å². The summed E-state index contributed by atoms with van der Waals surface area (Å²) < 4.78 is 10.7. The molecule has 0 bridgehead atoms. The number of hydrogen-bond donors (Lipinski definition) is 1. The molecule has 7 heteroatoms. The average molecular weight is 425 g/mol. The number of unbranched alkanes of at least 4 members (excludes halogenated alkanes) is 3. The number of anilines is 1. The van der Waals surface area contributed by atoms with Crippen LogP contribution in [-0.2, 0) is 9.47 Å². The maximum Gasteiger partial charge on any atom is 0.419 e. The lowest BCUT2D eigenvalue weighted by molar-refractivity contribution is 0.00119. The number of carbonyl (C=O) groups is 2. The van der Waals surface area contributed by atoms with E-state index in [1.807, 2.05) is 24.3 Å². The molecule has 1 rings (SSSR count). The van der Waals surface area contributed by atoms with Gasteiger partial charge in [-0.05, 0) is 84.4 Å². The molecule has 0 unspecified atom stereocenters. The summed E-state index contributed by atoms with van der Waals surface area (Å²) in [7, 11) is 0. The monoisotopic (exact) mass is 424 g/mol. The zero-order valence-electron chi connectivity index (χ0n) is 18.6. The smallest absolute Gasteiger partial charge is 0.419 e. The lowest BCUT2D eigenvalue weighted by Gasteiger charge is -2.28. The summed E-state index contributed by atoms with van der Waals surface area (Å²) in [6, 6.07) is 7.87. The Bertz CT molecular complexity index is 620. The first-order valence-corrected chi connectivity index (χ1v) is 11.1. The number of ether oxygens (including phenoxy) is 2. The molecule has 0 saturated heterocycles. The molecule has 0 aromatic heterocycles. The lowest BCUT2D eigenvalue weighted by atomic mass is 10.2. The van der Waals surface area contributed by atoms with Gasteiger partial charge < -0.3 is 15.2 Å². The molecule has 1 aromatic rings. The average Bonchev–Trinajstić information content (AvgIpc) is 2.55. The van der Waals surface area contributed by atoms with Crippen LogP contribution in [0.3, 0.4) is 0 Å². The van der Waals surface area contributed by atoms with Crippen LogP contribution < -0.4 is 5.73 Å². The molecule has 2 N–H and O–H groups in total. The Labute approximate surface area is 179 Å². The summed E-state index contributed by atoms with van der Waals surface area (Å²) in [4.78, 5) is 27.1. The number of rotatable bonds is 8. The quantitative estimate of drug-likeness (QED) is 0.309. The Morgan fingerprint density at radius 1 is 0.862 bits per heavy atom. The maximum absolute atomic E-state index is 12.4. The summed E-state index contributed by atoms with van der Waals surface area (Å²) in [6.07, 6.45) is 2.40. The third-order valence-electron chi connectivity index (χ3n) is 3.65. The van der Waals surface area contributed by atoms with Gasteiger partial charge in [0.2, 0.25) is 0 Å².